The van der Waals surface area contributed by atoms with Crippen molar-refractivity contribution < 1.29 is 0 Å². The van der Waals surface area contributed by atoms with Crippen molar-refractivity contribution in [2.24, 2.45) is 17.6 Å². The van der Waals surface area contributed by atoms with Gasteiger partial charge in [-0.2, -0.15) is 0 Å². The zero-order chi connectivity index (χ0) is 11.4. The molecule has 0 bridgehead atoms. The second-order valence-corrected chi connectivity index (χ2v) is 5.24. The van der Waals surface area contributed by atoms with Gasteiger partial charge in [0, 0.05) is 18.6 Å². The van der Waals surface area contributed by atoms with Gasteiger partial charge in [0.15, 0.2) is 0 Å². The highest BCUT2D eigenvalue weighted by atomic mass is 15.2. The van der Waals surface area contributed by atoms with Crippen LogP contribution in [0.2, 0.25) is 0 Å². The maximum atomic E-state index is 6.06. The smallest absolute Gasteiger partial charge is 0.00951 e. The normalized spacial score (nSPS) is 30.8. The highest BCUT2D eigenvalue weighted by Crippen LogP contribution is 2.23. The first kappa shape index (κ1) is 13.0. The minimum absolute atomic E-state index is 0.426. The minimum Gasteiger partial charge on any atom is -0.327 e. The van der Waals surface area contributed by atoms with E-state index in [9.17, 15) is 0 Å². The molecule has 0 aromatic carbocycles. The van der Waals surface area contributed by atoms with Crippen molar-refractivity contribution in [3.63, 3.8) is 0 Å². The largest absolute Gasteiger partial charge is 0.327 e. The zero-order valence-electron chi connectivity index (χ0n) is 10.9. The van der Waals surface area contributed by atoms with Crippen LogP contribution in [0.15, 0.2) is 0 Å². The Kier molecular flexibility index (Phi) is 5.07. The Labute approximate surface area is 95.2 Å². The van der Waals surface area contributed by atoms with E-state index in [0.717, 1.165) is 12.0 Å². The van der Waals surface area contributed by atoms with Crippen LogP contribution in [0.5, 0.6) is 0 Å². The van der Waals surface area contributed by atoms with Crippen molar-refractivity contribution >= 4 is 0 Å². The molecule has 90 valence electrons. The molecule has 1 aliphatic heterocycles. The molecule has 15 heavy (non-hydrogen) atoms. The Morgan fingerprint density at radius 1 is 1.33 bits per heavy atom. The third-order valence-electron chi connectivity index (χ3n) is 4.31. The van der Waals surface area contributed by atoms with E-state index in [2.05, 4.69) is 32.6 Å². The quantitative estimate of drug-likeness (QED) is 0.776. The van der Waals surface area contributed by atoms with Crippen molar-refractivity contribution in [1.82, 2.24) is 4.90 Å². The van der Waals surface area contributed by atoms with E-state index >= 15 is 0 Å². The van der Waals surface area contributed by atoms with E-state index in [4.69, 9.17) is 5.73 Å². The highest BCUT2D eigenvalue weighted by Gasteiger charge is 2.28. The lowest BCUT2D eigenvalue weighted by Crippen LogP contribution is -2.50. The first-order valence-electron chi connectivity index (χ1n) is 6.59. The summed E-state index contributed by atoms with van der Waals surface area (Å²) in [6.07, 6.45) is 3.77. The number of nitrogens with zero attached hydrogens (tertiary/aromatic N) is 1. The molecule has 0 saturated carbocycles. The second-order valence-electron chi connectivity index (χ2n) is 5.24. The Morgan fingerprint density at radius 3 is 2.40 bits per heavy atom. The van der Waals surface area contributed by atoms with Crippen molar-refractivity contribution in [1.29, 1.82) is 0 Å². The summed E-state index contributed by atoms with van der Waals surface area (Å²) in [6, 6.07) is 1.16. The topological polar surface area (TPSA) is 29.3 Å². The van der Waals surface area contributed by atoms with E-state index in [-0.39, 0.29) is 0 Å². The Morgan fingerprint density at radius 2 is 1.93 bits per heavy atom. The number of likely N-dealkylation sites (tertiary alicyclic amines) is 1. The molecule has 1 rings (SSSR count). The summed E-state index contributed by atoms with van der Waals surface area (Å²) in [4.78, 5) is 2.64. The SMILES string of the molecule is CCC(CC)C(C)N1CCC(N)C(C)C1. The maximum Gasteiger partial charge on any atom is 0.00951 e. The van der Waals surface area contributed by atoms with E-state index in [0.29, 0.717) is 12.0 Å². The molecule has 1 saturated heterocycles. The van der Waals surface area contributed by atoms with Gasteiger partial charge in [-0.1, -0.05) is 33.6 Å². The van der Waals surface area contributed by atoms with Crippen molar-refractivity contribution in [3.05, 3.63) is 0 Å². The van der Waals surface area contributed by atoms with Crippen LogP contribution < -0.4 is 5.73 Å². The molecule has 3 atom stereocenters. The first-order chi connectivity index (χ1) is 7.10. The average molecular weight is 212 g/mol. The monoisotopic (exact) mass is 212 g/mol. The van der Waals surface area contributed by atoms with Crippen LogP contribution in [0.3, 0.4) is 0 Å². The lowest BCUT2D eigenvalue weighted by Gasteiger charge is -2.41. The number of hydrogen-bond acceptors (Lipinski definition) is 2. The summed E-state index contributed by atoms with van der Waals surface area (Å²) >= 11 is 0. The molecule has 1 heterocycles. The van der Waals surface area contributed by atoms with Crippen LogP contribution >= 0.6 is 0 Å². The van der Waals surface area contributed by atoms with Gasteiger partial charge in [0.2, 0.25) is 0 Å². The molecule has 1 aliphatic rings. The predicted molar refractivity (Wildman–Crippen MR) is 66.9 cm³/mol. The predicted octanol–water partition coefficient (Wildman–Crippen LogP) is 2.48. The number of piperidine rings is 1. The molecule has 2 nitrogen and oxygen atoms in total. The number of rotatable bonds is 4. The van der Waals surface area contributed by atoms with Gasteiger partial charge in [-0.05, 0) is 31.7 Å². The van der Waals surface area contributed by atoms with Crippen LogP contribution in [0.25, 0.3) is 0 Å². The zero-order valence-corrected chi connectivity index (χ0v) is 10.9. The molecule has 0 aromatic heterocycles. The highest BCUT2D eigenvalue weighted by molar-refractivity contribution is 4.84. The van der Waals surface area contributed by atoms with Gasteiger partial charge in [-0.3, -0.25) is 0 Å². The fraction of sp³-hybridized carbons (Fsp3) is 1.00. The van der Waals surface area contributed by atoms with Crippen molar-refractivity contribution in [2.75, 3.05) is 13.1 Å². The molecule has 0 aliphatic carbocycles. The van der Waals surface area contributed by atoms with Crippen LogP contribution in [0.1, 0.15) is 47.0 Å². The van der Waals surface area contributed by atoms with E-state index in [1.54, 1.807) is 0 Å². The van der Waals surface area contributed by atoms with Crippen molar-refractivity contribution in [3.8, 4) is 0 Å². The summed E-state index contributed by atoms with van der Waals surface area (Å²) in [5.74, 6) is 1.52. The molecule has 0 aromatic rings. The molecule has 3 unspecified atom stereocenters. The van der Waals surface area contributed by atoms with Gasteiger partial charge in [0.1, 0.15) is 0 Å². The van der Waals surface area contributed by atoms with Gasteiger partial charge >= 0.3 is 0 Å². The fourth-order valence-corrected chi connectivity index (χ4v) is 2.83. The van der Waals surface area contributed by atoms with Gasteiger partial charge in [-0.15, -0.1) is 0 Å². The van der Waals surface area contributed by atoms with Gasteiger partial charge < -0.3 is 10.6 Å². The van der Waals surface area contributed by atoms with Crippen molar-refractivity contribution in [2.45, 2.75) is 59.0 Å². The Hall–Kier alpha value is -0.0800. The second kappa shape index (κ2) is 5.86. The lowest BCUT2D eigenvalue weighted by molar-refractivity contribution is 0.0879. The number of nitrogens with two attached hydrogens (primary N) is 1. The van der Waals surface area contributed by atoms with Gasteiger partial charge in [0.25, 0.3) is 0 Å². The van der Waals surface area contributed by atoms with Gasteiger partial charge in [0.05, 0.1) is 0 Å². The molecule has 1 fully saturated rings. The molecule has 0 spiro atoms. The average Bonchev–Trinajstić information content (AvgIpc) is 2.23. The Balaban J connectivity index is 2.49. The van der Waals surface area contributed by atoms with E-state index in [1.165, 1.54) is 32.4 Å². The summed E-state index contributed by atoms with van der Waals surface area (Å²) in [5, 5.41) is 0. The van der Waals surface area contributed by atoms with Crippen LogP contribution in [0, 0.1) is 11.8 Å². The summed E-state index contributed by atoms with van der Waals surface area (Å²) < 4.78 is 0. The van der Waals surface area contributed by atoms with E-state index in [1.807, 2.05) is 0 Å². The first-order valence-corrected chi connectivity index (χ1v) is 6.59. The third kappa shape index (κ3) is 3.18. The van der Waals surface area contributed by atoms with Crippen LogP contribution in [-0.2, 0) is 0 Å². The Bertz CT molecular complexity index is 177. The summed E-state index contributed by atoms with van der Waals surface area (Å²) in [7, 11) is 0. The molecule has 2 N–H and O–H groups in total. The van der Waals surface area contributed by atoms with Gasteiger partial charge in [-0.25, -0.2) is 0 Å². The molecule has 0 amide bonds. The molecule has 2 heteroatoms. The fourth-order valence-electron chi connectivity index (χ4n) is 2.83. The third-order valence-corrected chi connectivity index (χ3v) is 4.31. The number of hydrogen-bond donors (Lipinski definition) is 1. The molecule has 0 radical (unpaired) electrons. The summed E-state index contributed by atoms with van der Waals surface area (Å²) in [6.45, 7) is 11.7. The summed E-state index contributed by atoms with van der Waals surface area (Å²) in [5.41, 5.74) is 6.06. The standard InChI is InChI=1S/C13H28N2/c1-5-12(6-2)11(4)15-8-7-13(14)10(3)9-15/h10-13H,5-9,14H2,1-4H3. The minimum atomic E-state index is 0.426. The van der Waals surface area contributed by atoms with Crippen LogP contribution in [-0.4, -0.2) is 30.1 Å². The lowest BCUT2D eigenvalue weighted by atomic mass is 9.89. The molecular weight excluding hydrogens is 184 g/mol. The maximum absolute atomic E-state index is 6.06. The molecular formula is C13H28N2. The van der Waals surface area contributed by atoms with Crippen LogP contribution in [0.4, 0.5) is 0 Å². The van der Waals surface area contributed by atoms with E-state index < -0.39 is 0 Å².